The topological polar surface area (TPSA) is 23.5 Å². The third-order valence-electron chi connectivity index (χ3n) is 2.74. The Morgan fingerprint density at radius 1 is 1.55 bits per heavy atom. The van der Waals surface area contributed by atoms with Crippen LogP contribution in [0.1, 0.15) is 33.1 Å². The summed E-state index contributed by atoms with van der Waals surface area (Å²) in [6, 6.07) is 0. The van der Waals surface area contributed by atoms with Gasteiger partial charge in [0.15, 0.2) is 0 Å². The molecule has 2 nitrogen and oxygen atoms in total. The smallest absolute Gasteiger partial charge is 0.0612 e. The van der Waals surface area contributed by atoms with E-state index < -0.39 is 0 Å². The van der Waals surface area contributed by atoms with Gasteiger partial charge in [-0.3, -0.25) is 4.90 Å². The maximum atomic E-state index is 9.18. The molecule has 0 amide bonds. The van der Waals surface area contributed by atoms with Crippen LogP contribution >= 0.6 is 0 Å². The van der Waals surface area contributed by atoms with Crippen LogP contribution in [0.2, 0.25) is 0 Å². The van der Waals surface area contributed by atoms with Gasteiger partial charge in [0.2, 0.25) is 0 Å². The molecule has 0 aromatic carbocycles. The summed E-state index contributed by atoms with van der Waals surface area (Å²) in [7, 11) is 0. The molecule has 1 rings (SSSR count). The van der Waals surface area contributed by atoms with Crippen LogP contribution in [-0.4, -0.2) is 35.2 Å². The highest BCUT2D eigenvalue weighted by molar-refractivity contribution is 4.90. The van der Waals surface area contributed by atoms with E-state index in [4.69, 9.17) is 0 Å². The summed E-state index contributed by atoms with van der Waals surface area (Å²) in [5.41, 5.74) is 0.0933. The summed E-state index contributed by atoms with van der Waals surface area (Å²) in [5, 5.41) is 9.18. The van der Waals surface area contributed by atoms with Gasteiger partial charge in [0.25, 0.3) is 0 Å². The summed E-state index contributed by atoms with van der Waals surface area (Å²) < 4.78 is 0. The van der Waals surface area contributed by atoms with Gasteiger partial charge in [0.05, 0.1) is 6.61 Å². The zero-order valence-corrected chi connectivity index (χ0v) is 7.64. The highest BCUT2D eigenvalue weighted by atomic mass is 16.3. The lowest BCUT2D eigenvalue weighted by atomic mass is 10.0. The molecule has 11 heavy (non-hydrogen) atoms. The van der Waals surface area contributed by atoms with Crippen molar-refractivity contribution in [3.8, 4) is 0 Å². The van der Waals surface area contributed by atoms with Crippen LogP contribution in [0.15, 0.2) is 0 Å². The predicted octanol–water partition coefficient (Wildman–Crippen LogP) is 1.24. The van der Waals surface area contributed by atoms with Crippen molar-refractivity contribution in [1.82, 2.24) is 4.90 Å². The summed E-state index contributed by atoms with van der Waals surface area (Å²) in [5.74, 6) is 0. The summed E-state index contributed by atoms with van der Waals surface area (Å²) in [6.07, 6.45) is 3.59. The molecule has 1 unspecified atom stereocenters. The van der Waals surface area contributed by atoms with Crippen LogP contribution < -0.4 is 0 Å². The summed E-state index contributed by atoms with van der Waals surface area (Å²) in [6.45, 7) is 6.97. The molecule has 0 aliphatic carbocycles. The maximum absolute atomic E-state index is 9.18. The molecular weight excluding hydrogens is 138 g/mol. The quantitative estimate of drug-likeness (QED) is 0.666. The standard InChI is InChI=1S/C9H19NO/c1-3-6-10-7-4-5-9(10,2)8-11/h11H,3-8H2,1-2H3. The van der Waals surface area contributed by atoms with Crippen LogP contribution in [0.25, 0.3) is 0 Å². The molecule has 1 saturated heterocycles. The Labute approximate surface area is 69.2 Å². The lowest BCUT2D eigenvalue weighted by molar-refractivity contribution is 0.0792. The molecule has 1 aliphatic rings. The number of aliphatic hydroxyl groups excluding tert-OH is 1. The summed E-state index contributed by atoms with van der Waals surface area (Å²) in [4.78, 5) is 2.41. The lowest BCUT2D eigenvalue weighted by Gasteiger charge is -2.33. The zero-order valence-electron chi connectivity index (χ0n) is 7.64. The first-order chi connectivity index (χ1) is 5.23. The molecule has 0 bridgehead atoms. The van der Waals surface area contributed by atoms with E-state index in [1.807, 2.05) is 0 Å². The van der Waals surface area contributed by atoms with Crippen molar-refractivity contribution in [1.29, 1.82) is 0 Å². The highest BCUT2D eigenvalue weighted by Gasteiger charge is 2.34. The minimum absolute atomic E-state index is 0.0933. The maximum Gasteiger partial charge on any atom is 0.0612 e. The molecule has 0 aromatic heterocycles. The van der Waals surface area contributed by atoms with Gasteiger partial charge in [0.1, 0.15) is 0 Å². The Morgan fingerprint density at radius 3 is 2.82 bits per heavy atom. The molecule has 0 saturated carbocycles. The van der Waals surface area contributed by atoms with Crippen molar-refractivity contribution in [2.24, 2.45) is 0 Å². The number of rotatable bonds is 3. The first-order valence-corrected chi connectivity index (χ1v) is 4.59. The van der Waals surface area contributed by atoms with Crippen LogP contribution in [-0.2, 0) is 0 Å². The predicted molar refractivity (Wildman–Crippen MR) is 46.6 cm³/mol. The highest BCUT2D eigenvalue weighted by Crippen LogP contribution is 2.27. The van der Waals surface area contributed by atoms with E-state index in [0.29, 0.717) is 6.61 Å². The van der Waals surface area contributed by atoms with E-state index in [0.717, 1.165) is 13.0 Å². The second-order valence-corrected chi connectivity index (χ2v) is 3.75. The van der Waals surface area contributed by atoms with E-state index >= 15 is 0 Å². The fourth-order valence-electron chi connectivity index (χ4n) is 1.91. The normalized spacial score (nSPS) is 33.0. The Balaban J connectivity index is 2.49. The third kappa shape index (κ3) is 1.74. The number of hydrogen-bond donors (Lipinski definition) is 1. The van der Waals surface area contributed by atoms with Crippen molar-refractivity contribution in [3.63, 3.8) is 0 Å². The van der Waals surface area contributed by atoms with E-state index in [1.165, 1.54) is 19.4 Å². The van der Waals surface area contributed by atoms with Crippen LogP contribution in [0.4, 0.5) is 0 Å². The van der Waals surface area contributed by atoms with E-state index in [-0.39, 0.29) is 5.54 Å². The van der Waals surface area contributed by atoms with Gasteiger partial charge >= 0.3 is 0 Å². The SMILES string of the molecule is CCCN1CCCC1(C)CO. The van der Waals surface area contributed by atoms with Gasteiger partial charge < -0.3 is 5.11 Å². The Kier molecular flexibility index (Phi) is 2.90. The van der Waals surface area contributed by atoms with Crippen molar-refractivity contribution in [2.75, 3.05) is 19.7 Å². The Hall–Kier alpha value is -0.0800. The number of nitrogens with zero attached hydrogens (tertiary/aromatic N) is 1. The molecule has 2 heteroatoms. The van der Waals surface area contributed by atoms with Gasteiger partial charge in [-0.25, -0.2) is 0 Å². The molecule has 0 spiro atoms. The second-order valence-electron chi connectivity index (χ2n) is 3.75. The van der Waals surface area contributed by atoms with Gasteiger partial charge in [0, 0.05) is 5.54 Å². The van der Waals surface area contributed by atoms with Crippen LogP contribution in [0.3, 0.4) is 0 Å². The van der Waals surface area contributed by atoms with Crippen molar-refractivity contribution < 1.29 is 5.11 Å². The van der Waals surface area contributed by atoms with Crippen LogP contribution in [0.5, 0.6) is 0 Å². The zero-order chi connectivity index (χ0) is 8.32. The second kappa shape index (κ2) is 3.55. The molecule has 0 radical (unpaired) electrons. The fourth-order valence-corrected chi connectivity index (χ4v) is 1.91. The van der Waals surface area contributed by atoms with Crippen molar-refractivity contribution in [3.05, 3.63) is 0 Å². The lowest BCUT2D eigenvalue weighted by Crippen LogP contribution is -2.44. The van der Waals surface area contributed by atoms with Crippen LogP contribution in [0, 0.1) is 0 Å². The first-order valence-electron chi connectivity index (χ1n) is 4.59. The Bertz CT molecular complexity index is 127. The fraction of sp³-hybridized carbons (Fsp3) is 1.00. The summed E-state index contributed by atoms with van der Waals surface area (Å²) >= 11 is 0. The average molecular weight is 157 g/mol. The number of aliphatic hydroxyl groups is 1. The van der Waals surface area contributed by atoms with Gasteiger partial charge in [-0.15, -0.1) is 0 Å². The average Bonchev–Trinajstić information content (AvgIpc) is 2.35. The Morgan fingerprint density at radius 2 is 2.27 bits per heavy atom. The molecule has 66 valence electrons. The van der Waals surface area contributed by atoms with E-state index in [1.54, 1.807) is 0 Å². The van der Waals surface area contributed by atoms with Crippen molar-refractivity contribution >= 4 is 0 Å². The van der Waals surface area contributed by atoms with Gasteiger partial charge in [-0.05, 0) is 39.3 Å². The molecule has 0 aromatic rings. The molecule has 1 heterocycles. The molecular formula is C9H19NO. The van der Waals surface area contributed by atoms with Gasteiger partial charge in [-0.1, -0.05) is 6.92 Å². The number of hydrogen-bond acceptors (Lipinski definition) is 2. The monoisotopic (exact) mass is 157 g/mol. The molecule has 1 fully saturated rings. The molecule has 1 N–H and O–H groups in total. The largest absolute Gasteiger partial charge is 0.394 e. The van der Waals surface area contributed by atoms with E-state index in [2.05, 4.69) is 18.7 Å². The third-order valence-corrected chi connectivity index (χ3v) is 2.74. The minimum atomic E-state index is 0.0933. The van der Waals surface area contributed by atoms with E-state index in [9.17, 15) is 5.11 Å². The van der Waals surface area contributed by atoms with Gasteiger partial charge in [-0.2, -0.15) is 0 Å². The number of likely N-dealkylation sites (tertiary alicyclic amines) is 1. The molecule has 1 aliphatic heterocycles. The first kappa shape index (κ1) is 9.01. The minimum Gasteiger partial charge on any atom is -0.394 e. The molecule has 1 atom stereocenters. The van der Waals surface area contributed by atoms with Crippen molar-refractivity contribution in [2.45, 2.75) is 38.6 Å².